The van der Waals surface area contributed by atoms with Crippen molar-refractivity contribution < 1.29 is 43.4 Å². The molecule has 0 saturated carbocycles. The quantitative estimate of drug-likeness (QED) is 0.709. The Balaban J connectivity index is 0.00000242. The van der Waals surface area contributed by atoms with E-state index in [9.17, 15) is 18.0 Å². The summed E-state index contributed by atoms with van der Waals surface area (Å²) in [7, 11) is 0. The second-order valence-corrected chi connectivity index (χ2v) is 4.87. The van der Waals surface area contributed by atoms with Crippen LogP contribution in [-0.2, 0) is 11.0 Å². The van der Waals surface area contributed by atoms with Crippen LogP contribution in [0, 0.1) is 0 Å². The Morgan fingerprint density at radius 3 is 2.36 bits per heavy atom. The molecule has 0 aliphatic carbocycles. The maximum atomic E-state index is 12.4. The Hall–Kier alpha value is -1.23. The topological polar surface area (TPSA) is 56.7 Å². The molecule has 118 valence electrons. The molecule has 1 aromatic rings. The van der Waals surface area contributed by atoms with E-state index in [0.717, 1.165) is 6.07 Å². The van der Waals surface area contributed by atoms with Crippen molar-refractivity contribution in [2.45, 2.75) is 12.6 Å². The molecule has 0 bridgehead atoms. The van der Waals surface area contributed by atoms with E-state index in [1.807, 2.05) is 9.80 Å². The minimum Gasteiger partial charge on any atom is -1.00 e. The first-order valence-corrected chi connectivity index (χ1v) is 6.58. The van der Waals surface area contributed by atoms with Gasteiger partial charge in [0, 0.05) is 32.7 Å². The number of carboxylic acids is 1. The van der Waals surface area contributed by atoms with Crippen LogP contribution in [0.15, 0.2) is 18.3 Å². The number of aliphatic carboxylic acids is 1. The maximum absolute atomic E-state index is 12.4. The normalized spacial score (nSPS) is 16.2. The number of rotatable bonds is 4. The number of carboxylic acid groups (broad SMARTS) is 1. The number of piperazine rings is 1. The summed E-state index contributed by atoms with van der Waals surface area (Å²) in [5, 5.41) is 8.63. The van der Waals surface area contributed by atoms with Gasteiger partial charge in [-0.2, -0.15) is 13.2 Å². The van der Waals surface area contributed by atoms with Gasteiger partial charge in [0.2, 0.25) is 0 Å². The summed E-state index contributed by atoms with van der Waals surface area (Å²) in [6.07, 6.45) is -3.09. The van der Waals surface area contributed by atoms with E-state index < -0.39 is 17.8 Å². The molecule has 1 aliphatic heterocycles. The fourth-order valence-corrected chi connectivity index (χ4v) is 2.22. The Morgan fingerprint density at radius 1 is 1.27 bits per heavy atom. The average Bonchev–Trinajstić information content (AvgIpc) is 2.45. The molecule has 1 aliphatic rings. The van der Waals surface area contributed by atoms with E-state index in [0.29, 0.717) is 38.4 Å². The number of hydrogen-bond donors (Lipinski definition) is 1. The van der Waals surface area contributed by atoms with Gasteiger partial charge in [-0.25, -0.2) is 4.98 Å². The van der Waals surface area contributed by atoms with Gasteiger partial charge in [-0.05, 0) is 12.1 Å². The molecule has 1 N–H and O–H groups in total. The number of anilines is 1. The van der Waals surface area contributed by atoms with Crippen LogP contribution in [0.4, 0.5) is 18.9 Å². The van der Waals surface area contributed by atoms with E-state index in [1.165, 1.54) is 12.3 Å². The minimum atomic E-state index is -4.42. The molecule has 2 rings (SSSR count). The van der Waals surface area contributed by atoms with Gasteiger partial charge < -0.3 is 11.4 Å². The Bertz CT molecular complexity index is 494. The molecule has 1 aromatic heterocycles. The monoisotopic (exact) mass is 311 g/mol. The maximum Gasteiger partial charge on any atom is 1.00 e. The SMILES string of the molecule is O=C(O)CCN1CCN(c2ccc(C(F)(F)F)nc2)CC1.[H-].[Li+]. The van der Waals surface area contributed by atoms with Crippen molar-refractivity contribution in [3.8, 4) is 0 Å². The van der Waals surface area contributed by atoms with Crippen LogP contribution in [0.3, 0.4) is 0 Å². The zero-order valence-corrected chi connectivity index (χ0v) is 12.3. The second kappa shape index (κ2) is 7.86. The number of hydrogen-bond acceptors (Lipinski definition) is 4. The van der Waals surface area contributed by atoms with E-state index in [-0.39, 0.29) is 26.7 Å². The second-order valence-electron chi connectivity index (χ2n) is 4.87. The summed E-state index contributed by atoms with van der Waals surface area (Å²) in [6, 6.07) is 2.40. The zero-order chi connectivity index (χ0) is 15.5. The summed E-state index contributed by atoms with van der Waals surface area (Å²) in [5.74, 6) is -0.829. The minimum absolute atomic E-state index is 0. The number of alkyl halides is 3. The molecule has 5 nitrogen and oxygen atoms in total. The van der Waals surface area contributed by atoms with Crippen LogP contribution >= 0.6 is 0 Å². The predicted octanol–water partition coefficient (Wildman–Crippen LogP) is -1.19. The standard InChI is InChI=1S/C13H16F3N3O2.Li.H/c14-13(15,16)11-2-1-10(9-17-11)19-7-5-18(6-8-19)4-3-12(20)21;;/h1-2,9H,3-8H2,(H,20,21);;/q;+1;-1. The first kappa shape index (κ1) is 18.8. The van der Waals surface area contributed by atoms with Crippen molar-refractivity contribution in [1.29, 1.82) is 0 Å². The first-order valence-electron chi connectivity index (χ1n) is 6.58. The van der Waals surface area contributed by atoms with Crippen molar-refractivity contribution in [2.24, 2.45) is 0 Å². The summed E-state index contributed by atoms with van der Waals surface area (Å²) >= 11 is 0. The van der Waals surface area contributed by atoms with Crippen molar-refractivity contribution >= 4 is 11.7 Å². The zero-order valence-electron chi connectivity index (χ0n) is 13.3. The van der Waals surface area contributed by atoms with Gasteiger partial charge in [-0.15, -0.1) is 0 Å². The molecule has 0 unspecified atom stereocenters. The molecule has 1 saturated heterocycles. The first-order chi connectivity index (χ1) is 9.86. The van der Waals surface area contributed by atoms with Crippen LogP contribution in [0.25, 0.3) is 0 Å². The van der Waals surface area contributed by atoms with Gasteiger partial charge in [0.15, 0.2) is 0 Å². The smallest absolute Gasteiger partial charge is 1.00 e. The van der Waals surface area contributed by atoms with Crippen LogP contribution in [-0.4, -0.2) is 53.7 Å². The molecule has 9 heteroatoms. The number of aromatic nitrogens is 1. The van der Waals surface area contributed by atoms with Crippen molar-refractivity contribution in [3.63, 3.8) is 0 Å². The Morgan fingerprint density at radius 2 is 1.91 bits per heavy atom. The van der Waals surface area contributed by atoms with Gasteiger partial charge in [0.25, 0.3) is 0 Å². The molecule has 2 heterocycles. The van der Waals surface area contributed by atoms with E-state index >= 15 is 0 Å². The Kier molecular flexibility index (Phi) is 6.72. The van der Waals surface area contributed by atoms with Crippen molar-refractivity contribution in [2.75, 3.05) is 37.6 Å². The number of carbonyl (C=O) groups is 1. The van der Waals surface area contributed by atoms with Gasteiger partial charge in [-0.1, -0.05) is 0 Å². The molecule has 1 fully saturated rings. The van der Waals surface area contributed by atoms with Crippen molar-refractivity contribution in [3.05, 3.63) is 24.0 Å². The third-order valence-corrected chi connectivity index (χ3v) is 3.42. The van der Waals surface area contributed by atoms with Crippen LogP contribution in [0.5, 0.6) is 0 Å². The summed E-state index contributed by atoms with van der Waals surface area (Å²) in [5.41, 5.74) is -0.243. The number of pyridine rings is 1. The third kappa shape index (κ3) is 5.20. The summed E-state index contributed by atoms with van der Waals surface area (Å²) in [6.45, 7) is 3.16. The molecule has 0 aromatic carbocycles. The van der Waals surface area contributed by atoms with Gasteiger partial charge in [-0.3, -0.25) is 9.69 Å². The predicted molar refractivity (Wildman–Crippen MR) is 71.3 cm³/mol. The Labute approximate surface area is 139 Å². The molecule has 0 radical (unpaired) electrons. The molecule has 0 amide bonds. The van der Waals surface area contributed by atoms with Crippen LogP contribution in [0.2, 0.25) is 0 Å². The van der Waals surface area contributed by atoms with E-state index in [1.54, 1.807) is 0 Å². The largest absolute Gasteiger partial charge is 1.00 e. The van der Waals surface area contributed by atoms with Crippen LogP contribution < -0.4 is 23.8 Å². The molecule has 22 heavy (non-hydrogen) atoms. The third-order valence-electron chi connectivity index (χ3n) is 3.42. The van der Waals surface area contributed by atoms with Crippen LogP contribution in [0.1, 0.15) is 13.5 Å². The summed E-state index contributed by atoms with van der Waals surface area (Å²) < 4.78 is 37.3. The van der Waals surface area contributed by atoms with Gasteiger partial charge >= 0.3 is 31.0 Å². The molecule has 0 spiro atoms. The number of halogens is 3. The molecular formula is C13H17F3LiN3O2. The summed E-state index contributed by atoms with van der Waals surface area (Å²) in [4.78, 5) is 17.9. The average molecular weight is 311 g/mol. The van der Waals surface area contributed by atoms with E-state index in [4.69, 9.17) is 5.11 Å². The van der Waals surface area contributed by atoms with Crippen molar-refractivity contribution in [1.82, 2.24) is 9.88 Å². The van der Waals surface area contributed by atoms with E-state index in [2.05, 4.69) is 4.98 Å². The molecule has 0 atom stereocenters. The molecular weight excluding hydrogens is 294 g/mol. The fraction of sp³-hybridized carbons (Fsp3) is 0.538. The number of nitrogens with zero attached hydrogens (tertiary/aromatic N) is 3. The van der Waals surface area contributed by atoms with Gasteiger partial charge in [0.05, 0.1) is 18.3 Å². The fourth-order valence-electron chi connectivity index (χ4n) is 2.22. The van der Waals surface area contributed by atoms with Gasteiger partial charge in [0.1, 0.15) is 5.69 Å².